The van der Waals surface area contributed by atoms with Crippen LogP contribution in [0.4, 0.5) is 11.4 Å². The van der Waals surface area contributed by atoms with Crippen molar-refractivity contribution in [3.8, 4) is 0 Å². The molecule has 138 valence electrons. The first-order valence-electron chi connectivity index (χ1n) is 9.17. The van der Waals surface area contributed by atoms with Crippen LogP contribution in [0.5, 0.6) is 0 Å². The molecule has 1 heterocycles. The number of hydrogen-bond acceptors (Lipinski definition) is 5. The molecule has 1 aliphatic carbocycles. The summed E-state index contributed by atoms with van der Waals surface area (Å²) in [5, 5.41) is 15.5. The second kappa shape index (κ2) is 13.4. The van der Waals surface area contributed by atoms with Crippen molar-refractivity contribution in [3.05, 3.63) is 24.3 Å². The summed E-state index contributed by atoms with van der Waals surface area (Å²) in [4.78, 5) is 0. The molecular weight excluding hydrogens is 318 g/mol. The van der Waals surface area contributed by atoms with E-state index in [0.717, 1.165) is 24.5 Å². The van der Waals surface area contributed by atoms with E-state index in [0.29, 0.717) is 18.6 Å². The molecule has 0 bridgehead atoms. The van der Waals surface area contributed by atoms with E-state index in [9.17, 15) is 0 Å². The quantitative estimate of drug-likeness (QED) is 0.426. The number of piperidine rings is 1. The average Bonchev–Trinajstić information content (AvgIpc) is 2.67. The number of thiol groups is 1. The van der Waals surface area contributed by atoms with E-state index in [1.165, 1.54) is 44.9 Å². The lowest BCUT2D eigenvalue weighted by atomic mass is 9.90. The third kappa shape index (κ3) is 8.27. The van der Waals surface area contributed by atoms with Crippen LogP contribution < -0.4 is 16.4 Å². The highest BCUT2D eigenvalue weighted by Gasteiger charge is 2.13. The Balaban J connectivity index is 0.000000245. The standard InChI is InChI=1S/C11H17N3.C7H14O.CH4S/c12-10-3-1-2-4-11(10)14-9-5-7-13-8-6-9;8-6-7-4-2-1-3-5-7;1-2/h1-4,9,13-14H,5-8,12H2;7-8H,1-6H2;2H,1H3. The molecule has 2 fully saturated rings. The van der Waals surface area contributed by atoms with E-state index < -0.39 is 0 Å². The Morgan fingerprint density at radius 1 is 1.08 bits per heavy atom. The van der Waals surface area contributed by atoms with Crippen molar-refractivity contribution in [3.63, 3.8) is 0 Å². The highest BCUT2D eigenvalue weighted by atomic mass is 32.1. The first kappa shape index (κ1) is 21.1. The lowest BCUT2D eigenvalue weighted by molar-refractivity contribution is 0.190. The van der Waals surface area contributed by atoms with Gasteiger partial charge in [0.1, 0.15) is 0 Å². The SMILES string of the molecule is CS.Nc1ccccc1NC1CCNCC1.OCC1CCCCC1. The fourth-order valence-electron chi connectivity index (χ4n) is 3.18. The van der Waals surface area contributed by atoms with Gasteiger partial charge in [0.25, 0.3) is 0 Å². The number of aliphatic hydroxyl groups is 1. The maximum absolute atomic E-state index is 8.69. The highest BCUT2D eigenvalue weighted by molar-refractivity contribution is 7.79. The van der Waals surface area contributed by atoms with Gasteiger partial charge in [-0.3, -0.25) is 0 Å². The molecule has 1 saturated carbocycles. The molecule has 0 spiro atoms. The van der Waals surface area contributed by atoms with Gasteiger partial charge in [-0.1, -0.05) is 31.4 Å². The van der Waals surface area contributed by atoms with Gasteiger partial charge in [0.15, 0.2) is 0 Å². The molecule has 1 aliphatic heterocycles. The number of hydrogen-bond donors (Lipinski definition) is 5. The van der Waals surface area contributed by atoms with Gasteiger partial charge in [0, 0.05) is 12.6 Å². The Morgan fingerprint density at radius 3 is 2.25 bits per heavy atom. The molecule has 1 aromatic carbocycles. The molecule has 5 heteroatoms. The van der Waals surface area contributed by atoms with Crippen molar-refractivity contribution < 1.29 is 5.11 Å². The van der Waals surface area contributed by atoms with Crippen molar-refractivity contribution >= 4 is 24.0 Å². The molecule has 0 unspecified atom stereocenters. The number of nitrogens with two attached hydrogens (primary N) is 1. The molecule has 2 aliphatic rings. The molecule has 0 atom stereocenters. The van der Waals surface area contributed by atoms with Crippen LogP contribution in [-0.4, -0.2) is 37.1 Å². The first-order chi connectivity index (χ1) is 11.8. The Hall–Kier alpha value is -0.910. The van der Waals surface area contributed by atoms with Crippen LogP contribution >= 0.6 is 12.6 Å². The number of nitrogen functional groups attached to an aromatic ring is 1. The monoisotopic (exact) mass is 353 g/mol. The largest absolute Gasteiger partial charge is 0.397 e. The minimum Gasteiger partial charge on any atom is -0.397 e. The van der Waals surface area contributed by atoms with E-state index in [4.69, 9.17) is 10.8 Å². The van der Waals surface area contributed by atoms with E-state index in [1.807, 2.05) is 24.3 Å². The van der Waals surface area contributed by atoms with Crippen molar-refractivity contribution in [2.45, 2.75) is 51.0 Å². The summed E-state index contributed by atoms with van der Waals surface area (Å²) in [6.45, 7) is 2.62. The molecule has 0 radical (unpaired) electrons. The van der Waals surface area contributed by atoms with E-state index in [1.54, 1.807) is 6.26 Å². The summed E-state index contributed by atoms with van der Waals surface area (Å²) in [6.07, 6.45) is 10.6. The maximum Gasteiger partial charge on any atom is 0.0576 e. The Bertz CT molecular complexity index is 419. The third-order valence-electron chi connectivity index (χ3n) is 4.64. The van der Waals surface area contributed by atoms with E-state index in [2.05, 4.69) is 23.3 Å². The number of para-hydroxylation sites is 2. The molecule has 3 rings (SSSR count). The van der Waals surface area contributed by atoms with E-state index in [-0.39, 0.29) is 0 Å². The molecular formula is C19H35N3OS. The minimum absolute atomic E-state index is 0.417. The topological polar surface area (TPSA) is 70.3 Å². The Morgan fingerprint density at radius 2 is 1.71 bits per heavy atom. The normalized spacial score (nSPS) is 18.6. The van der Waals surface area contributed by atoms with Gasteiger partial charge in [-0.25, -0.2) is 0 Å². The number of nitrogens with one attached hydrogen (secondary N) is 2. The number of anilines is 2. The lowest BCUT2D eigenvalue weighted by Gasteiger charge is -2.25. The first-order valence-corrected chi connectivity index (χ1v) is 10.1. The lowest BCUT2D eigenvalue weighted by Crippen LogP contribution is -2.35. The predicted molar refractivity (Wildman–Crippen MR) is 109 cm³/mol. The Labute approximate surface area is 153 Å². The van der Waals surface area contributed by atoms with E-state index >= 15 is 0 Å². The summed E-state index contributed by atoms with van der Waals surface area (Å²) in [5.74, 6) is 0.642. The van der Waals surface area contributed by atoms with Crippen LogP contribution in [0.25, 0.3) is 0 Å². The predicted octanol–water partition coefficient (Wildman–Crippen LogP) is 3.54. The van der Waals surface area contributed by atoms with Crippen LogP contribution in [0, 0.1) is 5.92 Å². The number of aliphatic hydroxyl groups excluding tert-OH is 1. The zero-order chi connectivity index (χ0) is 17.6. The zero-order valence-electron chi connectivity index (χ0n) is 15.0. The summed E-state index contributed by atoms with van der Waals surface area (Å²) < 4.78 is 0. The highest BCUT2D eigenvalue weighted by Crippen LogP contribution is 2.22. The summed E-state index contributed by atoms with van der Waals surface area (Å²) in [6, 6.07) is 8.52. The molecule has 1 saturated heterocycles. The molecule has 5 N–H and O–H groups in total. The van der Waals surface area contributed by atoms with Crippen LogP contribution in [-0.2, 0) is 0 Å². The Kier molecular flexibility index (Phi) is 11.8. The number of benzene rings is 1. The zero-order valence-corrected chi connectivity index (χ0v) is 15.9. The van der Waals surface area contributed by atoms with Crippen LogP contribution in [0.1, 0.15) is 44.9 Å². The van der Waals surface area contributed by atoms with Gasteiger partial charge in [-0.05, 0) is 63.1 Å². The second-order valence-corrected chi connectivity index (χ2v) is 6.44. The molecule has 0 amide bonds. The molecule has 1 aromatic rings. The van der Waals surface area contributed by atoms with Crippen molar-refractivity contribution in [1.29, 1.82) is 0 Å². The summed E-state index contributed by atoms with van der Waals surface area (Å²) >= 11 is 3.53. The van der Waals surface area contributed by atoms with Crippen LogP contribution in [0.2, 0.25) is 0 Å². The van der Waals surface area contributed by atoms with Crippen molar-refractivity contribution in [1.82, 2.24) is 5.32 Å². The number of rotatable bonds is 3. The average molecular weight is 354 g/mol. The van der Waals surface area contributed by atoms with Crippen molar-refractivity contribution in [2.75, 3.05) is 37.0 Å². The summed E-state index contributed by atoms with van der Waals surface area (Å²) in [7, 11) is 0. The van der Waals surface area contributed by atoms with Gasteiger partial charge in [0.05, 0.1) is 11.4 Å². The van der Waals surface area contributed by atoms with Gasteiger partial charge in [-0.15, -0.1) is 0 Å². The van der Waals surface area contributed by atoms with Gasteiger partial charge >= 0.3 is 0 Å². The minimum atomic E-state index is 0.417. The van der Waals surface area contributed by atoms with Crippen molar-refractivity contribution in [2.24, 2.45) is 5.92 Å². The fourth-order valence-corrected chi connectivity index (χ4v) is 3.18. The molecule has 24 heavy (non-hydrogen) atoms. The van der Waals surface area contributed by atoms with Gasteiger partial charge in [0.2, 0.25) is 0 Å². The third-order valence-corrected chi connectivity index (χ3v) is 4.64. The van der Waals surface area contributed by atoms with Gasteiger partial charge in [-0.2, -0.15) is 12.6 Å². The second-order valence-electron chi connectivity index (χ2n) is 6.44. The smallest absolute Gasteiger partial charge is 0.0576 e. The van der Waals surface area contributed by atoms with Crippen LogP contribution in [0.15, 0.2) is 24.3 Å². The van der Waals surface area contributed by atoms with Gasteiger partial charge < -0.3 is 21.5 Å². The van der Waals surface area contributed by atoms with Crippen LogP contribution in [0.3, 0.4) is 0 Å². The molecule has 0 aromatic heterocycles. The molecule has 4 nitrogen and oxygen atoms in total. The summed E-state index contributed by atoms with van der Waals surface area (Å²) in [5.41, 5.74) is 7.77. The maximum atomic E-state index is 8.69. The fraction of sp³-hybridized carbons (Fsp3) is 0.684.